The third kappa shape index (κ3) is 5.62. The molecule has 138 valence electrons. The van der Waals surface area contributed by atoms with Crippen LogP contribution >= 0.6 is 0 Å². The minimum absolute atomic E-state index is 0.0269. The predicted octanol–water partition coefficient (Wildman–Crippen LogP) is 1.94. The van der Waals surface area contributed by atoms with Crippen molar-refractivity contribution in [2.45, 2.75) is 13.0 Å². The average Bonchev–Trinajstić information content (AvgIpc) is 2.55. The van der Waals surface area contributed by atoms with Gasteiger partial charge in [0.25, 0.3) is 5.91 Å². The zero-order valence-corrected chi connectivity index (χ0v) is 15.1. The molecule has 3 N–H and O–H groups in total. The molecule has 2 aromatic rings. The fourth-order valence-electron chi connectivity index (χ4n) is 2.30. The molecule has 0 aliphatic heterocycles. The number of amides is 1. The van der Waals surface area contributed by atoms with Gasteiger partial charge in [-0.1, -0.05) is 6.07 Å². The molecule has 0 radical (unpaired) electrons. The van der Waals surface area contributed by atoms with Gasteiger partial charge in [0.05, 0.1) is 17.6 Å². The van der Waals surface area contributed by atoms with Gasteiger partial charge < -0.3 is 11.1 Å². The van der Waals surface area contributed by atoms with Crippen molar-refractivity contribution in [3.63, 3.8) is 0 Å². The molecule has 1 aromatic heterocycles. The largest absolute Gasteiger partial charge is 0.388 e. The molecule has 0 bridgehead atoms. The maximum Gasteiger partial charge on any atom is 0.274 e. The Bertz CT molecular complexity index is 926. The van der Waals surface area contributed by atoms with Crippen LogP contribution in [-0.4, -0.2) is 37.2 Å². The zero-order chi connectivity index (χ0) is 19.3. The van der Waals surface area contributed by atoms with E-state index >= 15 is 0 Å². The highest BCUT2D eigenvalue weighted by Gasteiger charge is 2.21. The fraction of sp³-hybridized carbons (Fsp3) is 0.235. The number of rotatable bonds is 6. The van der Waals surface area contributed by atoms with Crippen molar-refractivity contribution >= 4 is 27.3 Å². The highest BCUT2D eigenvalue weighted by Crippen LogP contribution is 2.26. The first kappa shape index (κ1) is 19.5. The number of carbonyl (C=O) groups excluding carboxylic acids is 1. The van der Waals surface area contributed by atoms with E-state index in [1.807, 2.05) is 0 Å². The monoisotopic (exact) mass is 378 g/mol. The van der Waals surface area contributed by atoms with Crippen LogP contribution in [-0.2, 0) is 9.84 Å². The van der Waals surface area contributed by atoms with Crippen molar-refractivity contribution in [2.75, 3.05) is 17.3 Å². The molecule has 0 aliphatic rings. The second-order valence-electron chi connectivity index (χ2n) is 5.78. The number of nitrogens with one attached hydrogen (secondary N) is 1. The Kier molecular flexibility index (Phi) is 6.04. The number of carbonyl (C=O) groups is 1. The highest BCUT2D eigenvalue weighted by atomic mass is 32.2. The molecule has 0 aliphatic carbocycles. The molecule has 0 fully saturated rings. The summed E-state index contributed by atoms with van der Waals surface area (Å²) in [5.74, 6) is -1.39. The summed E-state index contributed by atoms with van der Waals surface area (Å²) in [6.07, 6.45) is 2.51. The predicted molar refractivity (Wildman–Crippen MR) is 98.3 cm³/mol. The van der Waals surface area contributed by atoms with Crippen LogP contribution in [0.5, 0.6) is 0 Å². The lowest BCUT2D eigenvalue weighted by molar-refractivity contribution is 0.102. The molecular formula is C17H19FN4O3S. The first-order valence-electron chi connectivity index (χ1n) is 7.65. The quantitative estimate of drug-likeness (QED) is 0.589. The number of halogens is 1. The number of aromatic nitrogens is 1. The van der Waals surface area contributed by atoms with Crippen molar-refractivity contribution in [1.82, 2.24) is 4.98 Å². The van der Waals surface area contributed by atoms with E-state index in [1.54, 1.807) is 12.1 Å². The second kappa shape index (κ2) is 8.05. The maximum atomic E-state index is 14.3. The van der Waals surface area contributed by atoms with Crippen LogP contribution in [0.2, 0.25) is 0 Å². The summed E-state index contributed by atoms with van der Waals surface area (Å²) >= 11 is 0. The van der Waals surface area contributed by atoms with Gasteiger partial charge in [0.2, 0.25) is 0 Å². The van der Waals surface area contributed by atoms with Gasteiger partial charge in [0.1, 0.15) is 21.3 Å². The highest BCUT2D eigenvalue weighted by molar-refractivity contribution is 7.90. The van der Waals surface area contributed by atoms with Gasteiger partial charge >= 0.3 is 0 Å². The van der Waals surface area contributed by atoms with Crippen LogP contribution in [0.1, 0.15) is 29.0 Å². The maximum absolute atomic E-state index is 14.3. The summed E-state index contributed by atoms with van der Waals surface area (Å²) in [7, 11) is -3.44. The van der Waals surface area contributed by atoms with Crippen LogP contribution in [0.15, 0.2) is 47.6 Å². The lowest BCUT2D eigenvalue weighted by atomic mass is 10.1. The molecule has 1 unspecified atom stereocenters. The minimum atomic E-state index is -3.44. The first-order valence-corrected chi connectivity index (χ1v) is 9.71. The SMILES string of the molecule is CC(N)=NC(CS(C)(=O)=O)c1cc(NC(=O)c2ccccn2)ccc1F. The number of hydrogen-bond acceptors (Lipinski definition) is 5. The van der Waals surface area contributed by atoms with Gasteiger partial charge in [-0.3, -0.25) is 14.8 Å². The molecule has 26 heavy (non-hydrogen) atoms. The van der Waals surface area contributed by atoms with Gasteiger partial charge in [-0.25, -0.2) is 12.8 Å². The molecule has 2 rings (SSSR count). The van der Waals surface area contributed by atoms with Gasteiger partial charge in [-0.15, -0.1) is 0 Å². The number of hydrogen-bond donors (Lipinski definition) is 2. The van der Waals surface area contributed by atoms with Crippen molar-refractivity contribution in [3.8, 4) is 0 Å². The van der Waals surface area contributed by atoms with Crippen LogP contribution in [0.4, 0.5) is 10.1 Å². The number of benzene rings is 1. The number of aliphatic imine (C=N–C) groups is 1. The molecule has 7 nitrogen and oxygen atoms in total. The molecule has 9 heteroatoms. The first-order chi connectivity index (χ1) is 12.2. The van der Waals surface area contributed by atoms with Crippen molar-refractivity contribution in [2.24, 2.45) is 10.7 Å². The summed E-state index contributed by atoms with van der Waals surface area (Å²) < 4.78 is 37.6. The molecule has 0 spiro atoms. The summed E-state index contributed by atoms with van der Waals surface area (Å²) in [5, 5.41) is 2.60. The standard InChI is InChI=1S/C17H19FN4O3S/c1-11(19)21-16(10-26(2,24)25)13-9-12(6-7-14(13)18)22-17(23)15-5-3-4-8-20-15/h3-9,16H,10H2,1-2H3,(H2,19,21)(H,22,23). The van der Waals surface area contributed by atoms with E-state index in [9.17, 15) is 17.6 Å². The number of pyridine rings is 1. The van der Waals surface area contributed by atoms with Crippen LogP contribution in [0, 0.1) is 5.82 Å². The Morgan fingerprint density at radius 1 is 1.35 bits per heavy atom. The Morgan fingerprint density at radius 3 is 2.65 bits per heavy atom. The Morgan fingerprint density at radius 2 is 2.08 bits per heavy atom. The van der Waals surface area contributed by atoms with Crippen LogP contribution < -0.4 is 11.1 Å². The van der Waals surface area contributed by atoms with Crippen LogP contribution in [0.25, 0.3) is 0 Å². The Hall–Kier alpha value is -2.81. The number of sulfone groups is 1. The van der Waals surface area contributed by atoms with Crippen molar-refractivity contribution in [1.29, 1.82) is 0 Å². The summed E-state index contributed by atoms with van der Waals surface area (Å²) in [4.78, 5) is 20.1. The second-order valence-corrected chi connectivity index (χ2v) is 7.97. The number of anilines is 1. The topological polar surface area (TPSA) is 115 Å². The summed E-state index contributed by atoms with van der Waals surface area (Å²) in [6, 6.07) is 7.72. The van der Waals surface area contributed by atoms with Crippen LogP contribution in [0.3, 0.4) is 0 Å². The fourth-order valence-corrected chi connectivity index (χ4v) is 3.13. The van der Waals surface area contributed by atoms with E-state index in [4.69, 9.17) is 5.73 Å². The lowest BCUT2D eigenvalue weighted by Gasteiger charge is -2.15. The molecule has 1 aromatic carbocycles. The minimum Gasteiger partial charge on any atom is -0.388 e. The van der Waals surface area contributed by atoms with Gasteiger partial charge in [0, 0.05) is 23.7 Å². The molecule has 1 heterocycles. The molecule has 0 saturated heterocycles. The smallest absolute Gasteiger partial charge is 0.274 e. The Labute approximate surface area is 151 Å². The summed E-state index contributed by atoms with van der Waals surface area (Å²) in [5.41, 5.74) is 6.06. The van der Waals surface area contributed by atoms with Gasteiger partial charge in [-0.2, -0.15) is 0 Å². The van der Waals surface area contributed by atoms with E-state index in [0.717, 1.165) is 12.3 Å². The lowest BCUT2D eigenvalue weighted by Crippen LogP contribution is -2.18. The van der Waals surface area contributed by atoms with E-state index < -0.39 is 33.4 Å². The number of nitrogens with zero attached hydrogens (tertiary/aromatic N) is 2. The molecular weight excluding hydrogens is 359 g/mol. The zero-order valence-electron chi connectivity index (χ0n) is 14.3. The summed E-state index contributed by atoms with van der Waals surface area (Å²) in [6.45, 7) is 1.49. The third-order valence-electron chi connectivity index (χ3n) is 3.33. The van der Waals surface area contributed by atoms with Gasteiger partial charge in [-0.05, 0) is 37.3 Å². The molecule has 0 saturated carbocycles. The number of nitrogens with two attached hydrogens (primary N) is 1. The van der Waals surface area contributed by atoms with E-state index in [2.05, 4.69) is 15.3 Å². The van der Waals surface area contributed by atoms with E-state index in [1.165, 1.54) is 31.3 Å². The number of amidine groups is 1. The van der Waals surface area contributed by atoms with Crippen molar-refractivity contribution in [3.05, 3.63) is 59.7 Å². The molecule has 1 amide bonds. The van der Waals surface area contributed by atoms with Crippen molar-refractivity contribution < 1.29 is 17.6 Å². The average molecular weight is 378 g/mol. The van der Waals surface area contributed by atoms with Gasteiger partial charge in [0.15, 0.2) is 0 Å². The molecule has 1 atom stereocenters. The normalized spacial score (nSPS) is 13.3. The van der Waals surface area contributed by atoms with E-state index in [-0.39, 0.29) is 17.1 Å². The third-order valence-corrected chi connectivity index (χ3v) is 4.25. The van der Waals surface area contributed by atoms with E-state index in [0.29, 0.717) is 5.69 Å². The Balaban J connectivity index is 2.35.